The second-order valence-electron chi connectivity index (χ2n) is 5.39. The van der Waals surface area contributed by atoms with Gasteiger partial charge in [-0.1, -0.05) is 41.8 Å². The van der Waals surface area contributed by atoms with E-state index in [2.05, 4.69) is 86.4 Å². The van der Waals surface area contributed by atoms with Gasteiger partial charge in [0.05, 0.1) is 12.1 Å². The Morgan fingerprint density at radius 2 is 1.50 bits per heavy atom. The van der Waals surface area contributed by atoms with E-state index in [9.17, 15) is 9.90 Å². The summed E-state index contributed by atoms with van der Waals surface area (Å²) in [6.45, 7) is 4.99. The quantitative estimate of drug-likeness (QED) is 0.386. The largest absolute Gasteiger partial charge is 0.386 e. The molecule has 1 amide bonds. The van der Waals surface area contributed by atoms with Gasteiger partial charge in [0, 0.05) is 27.5 Å². The molecule has 0 aliphatic heterocycles. The lowest BCUT2D eigenvalue weighted by molar-refractivity contribution is -0.117. The van der Waals surface area contributed by atoms with Gasteiger partial charge >= 0.3 is 0 Å². The van der Waals surface area contributed by atoms with Crippen LogP contribution in [0.2, 0.25) is 0 Å². The van der Waals surface area contributed by atoms with Crippen LogP contribution in [0.3, 0.4) is 0 Å². The summed E-state index contributed by atoms with van der Waals surface area (Å²) in [5.74, 6) is -0.307. The van der Waals surface area contributed by atoms with Gasteiger partial charge in [-0.2, -0.15) is 0 Å². The maximum atomic E-state index is 11.9. The fourth-order valence-corrected chi connectivity index (χ4v) is 1.73. The molecule has 0 heterocycles. The number of carbonyl (C=O) groups is 1. The molecule has 0 aromatic heterocycles. The number of amides is 1. The van der Waals surface area contributed by atoms with E-state index in [1.54, 1.807) is 13.0 Å². The Balaban J connectivity index is -0.0000000462. The minimum atomic E-state index is -0.939. The van der Waals surface area contributed by atoms with E-state index >= 15 is 0 Å². The Kier molecular flexibility index (Phi) is 11.9. The Bertz CT molecular complexity index is 1320. The van der Waals surface area contributed by atoms with Gasteiger partial charge in [0.2, 0.25) is 5.91 Å². The smallest absolute Gasteiger partial charge is 0.244 e. The van der Waals surface area contributed by atoms with Crippen LogP contribution >= 0.6 is 0 Å². The molecule has 1 aromatic rings. The number of hydrogen-bond donors (Lipinski definition) is 2. The van der Waals surface area contributed by atoms with E-state index in [0.717, 1.165) is 5.56 Å². The van der Waals surface area contributed by atoms with Gasteiger partial charge in [0.15, 0.2) is 0 Å². The van der Waals surface area contributed by atoms with Crippen LogP contribution in [0.1, 0.15) is 33.9 Å². The van der Waals surface area contributed by atoms with Crippen molar-refractivity contribution in [3.8, 4) is 0 Å². The molecule has 0 fully saturated rings. The molecule has 3 nitrogen and oxygen atoms in total. The number of rotatable bonds is 5. The van der Waals surface area contributed by atoms with Crippen molar-refractivity contribution in [3.05, 3.63) is 129 Å². The molecule has 1 aromatic carbocycles. The number of carbonyl (C=O) groups excluding carboxylic acids is 1. The van der Waals surface area contributed by atoms with Gasteiger partial charge in [-0.15, -0.1) is 0 Å². The zero-order valence-corrected chi connectivity index (χ0v) is 16.3. The monoisotopic (exact) mass is 417 g/mol. The van der Waals surface area contributed by atoms with Crippen LogP contribution in [0.4, 0.5) is 0 Å². The van der Waals surface area contributed by atoms with Crippen molar-refractivity contribution in [1.82, 2.24) is 5.32 Å². The lowest BCUT2D eigenvalue weighted by Crippen LogP contribution is -2.39. The third kappa shape index (κ3) is 11.8. The van der Waals surface area contributed by atoms with Crippen molar-refractivity contribution in [1.29, 1.82) is 0 Å². The van der Waals surface area contributed by atoms with Crippen LogP contribution in [-0.4, -0.2) is 23.2 Å². The third-order valence-electron chi connectivity index (χ3n) is 3.15. The van der Waals surface area contributed by atoms with Crippen molar-refractivity contribution in [2.45, 2.75) is 19.1 Å². The SMILES string of the molecule is C=C=C=C=C=C=C=C=C=C=C=C=C=C=C[C@H](O)[C@H](C)NC(=O)/C=C/c1ccccc1.[HH].[HH].[HH].[HH].[HH].[HH].[HH].[HH].[HH].[HH].[HH].[HH].[HH].[HH].[HH]. The van der Waals surface area contributed by atoms with Crippen LogP contribution in [0, 0.1) is 0 Å². The highest BCUT2D eigenvalue weighted by atomic mass is 16.3. The first kappa shape index (κ1) is 23.3. The van der Waals surface area contributed by atoms with Gasteiger partial charge in [0.1, 0.15) is 0 Å². The Hall–Kier alpha value is -4.73. The van der Waals surface area contributed by atoms with Crippen LogP contribution in [-0.2, 0) is 4.79 Å². The molecule has 0 saturated carbocycles. The highest BCUT2D eigenvalue weighted by Crippen LogP contribution is 2.01. The highest BCUT2D eigenvalue weighted by Gasteiger charge is 2.12. The number of nitrogens with one attached hydrogen (secondary N) is 1. The van der Waals surface area contributed by atoms with E-state index in [4.69, 9.17) is 0 Å². The highest BCUT2D eigenvalue weighted by molar-refractivity contribution is 5.91. The molecular formula is C27H47NO2. The molecule has 3 heteroatoms. The van der Waals surface area contributed by atoms with Crippen LogP contribution < -0.4 is 5.32 Å². The summed E-state index contributed by atoms with van der Waals surface area (Å²) in [5.41, 5.74) is 33.3. The standard InChI is InChI=1S/C27H17NO2.15H2/c1-3-4-5-6-7-8-9-10-11-12-13-14-18-21-26(29)24(2)28-27(30)23-22-25-19-16-15-17-20-25;;;;;;;;;;;;;;;/h15-17,19-24,26,29H,1H2,2H3,(H,28,30);15*1H/b23-22+;;;;;;;;;;;;;;;/t24-,26-;;;;;;;;;;;;;;;/m0.............../s1. The molecule has 0 unspecified atom stereocenters. The molecule has 0 bridgehead atoms. The first-order valence-electron chi connectivity index (χ1n) is 8.71. The zero-order chi connectivity index (χ0) is 21.9. The molecule has 172 valence electrons. The number of benzene rings is 1. The van der Waals surface area contributed by atoms with E-state index in [1.807, 2.05) is 30.3 Å². The topological polar surface area (TPSA) is 49.3 Å². The summed E-state index contributed by atoms with van der Waals surface area (Å²) < 4.78 is 0. The number of aliphatic hydroxyl groups is 1. The normalized spacial score (nSPS) is 9.80. The summed E-state index contributed by atoms with van der Waals surface area (Å²) in [7, 11) is 0. The molecule has 1 rings (SSSR count). The first-order chi connectivity index (χ1) is 14.6. The molecule has 0 saturated heterocycles. The summed E-state index contributed by atoms with van der Waals surface area (Å²) in [6.07, 6.45) is 3.52. The van der Waals surface area contributed by atoms with Gasteiger partial charge in [-0.25, -0.2) is 0 Å². The summed E-state index contributed by atoms with van der Waals surface area (Å²) in [6, 6.07) is 8.93. The molecule has 0 aliphatic rings. The van der Waals surface area contributed by atoms with Crippen molar-refractivity contribution in [2.24, 2.45) is 0 Å². The first-order valence-corrected chi connectivity index (χ1v) is 8.71. The molecule has 0 radical (unpaired) electrons. The number of aliphatic hydroxyl groups excluding tert-OH is 1. The Labute approximate surface area is 198 Å². The Morgan fingerprint density at radius 1 is 0.967 bits per heavy atom. The average Bonchev–Trinajstić information content (AvgIpc) is 2.76. The lowest BCUT2D eigenvalue weighted by Gasteiger charge is -2.15. The van der Waals surface area contributed by atoms with Gasteiger partial charge in [0.25, 0.3) is 0 Å². The van der Waals surface area contributed by atoms with Crippen molar-refractivity contribution in [3.63, 3.8) is 0 Å². The maximum Gasteiger partial charge on any atom is 0.244 e. The lowest BCUT2D eigenvalue weighted by atomic mass is 10.1. The second-order valence-corrected chi connectivity index (χ2v) is 5.39. The van der Waals surface area contributed by atoms with Gasteiger partial charge < -0.3 is 10.4 Å². The zero-order valence-electron chi connectivity index (χ0n) is 16.3. The predicted octanol–water partition coefficient (Wildman–Crippen LogP) is 7.46. The van der Waals surface area contributed by atoms with Crippen LogP contribution in [0.25, 0.3) is 6.08 Å². The summed E-state index contributed by atoms with van der Waals surface area (Å²) in [4.78, 5) is 11.9. The van der Waals surface area contributed by atoms with Crippen LogP contribution in [0.15, 0.2) is 124 Å². The van der Waals surface area contributed by atoms with Crippen LogP contribution in [0.5, 0.6) is 0 Å². The van der Waals surface area contributed by atoms with Crippen molar-refractivity contribution < 1.29 is 31.3 Å². The predicted molar refractivity (Wildman–Crippen MR) is 147 cm³/mol. The fraction of sp³-hybridized carbons (Fsp3) is 0.111. The molecule has 0 aliphatic carbocycles. The van der Waals surface area contributed by atoms with E-state index in [0.29, 0.717) is 0 Å². The van der Waals surface area contributed by atoms with Crippen molar-refractivity contribution >= 4 is 12.0 Å². The van der Waals surface area contributed by atoms with E-state index in [-0.39, 0.29) is 27.3 Å². The third-order valence-corrected chi connectivity index (χ3v) is 3.15. The average molecular weight is 418 g/mol. The van der Waals surface area contributed by atoms with E-state index < -0.39 is 12.1 Å². The second kappa shape index (κ2) is 15.3. The Morgan fingerprint density at radius 3 is 2.07 bits per heavy atom. The summed E-state index contributed by atoms with van der Waals surface area (Å²) >= 11 is 0. The van der Waals surface area contributed by atoms with E-state index in [1.165, 1.54) is 12.2 Å². The maximum absolute atomic E-state index is 11.9. The molecule has 2 N–H and O–H groups in total. The summed E-state index contributed by atoms with van der Waals surface area (Å²) in [5, 5.41) is 12.7. The number of hydrogen-bond acceptors (Lipinski definition) is 2. The fourth-order valence-electron chi connectivity index (χ4n) is 1.73. The molecule has 0 spiro atoms. The minimum absolute atomic E-state index is 0. The van der Waals surface area contributed by atoms with Gasteiger partial charge in [-0.05, 0) is 94.3 Å². The molecule has 30 heavy (non-hydrogen) atoms. The molecular weight excluding hydrogens is 370 g/mol. The van der Waals surface area contributed by atoms with Gasteiger partial charge in [-0.3, -0.25) is 4.79 Å². The van der Waals surface area contributed by atoms with Crippen molar-refractivity contribution in [2.75, 3.05) is 0 Å². The molecule has 2 atom stereocenters. The minimum Gasteiger partial charge on any atom is -0.386 e.